The zero-order valence-corrected chi connectivity index (χ0v) is 8.59. The van der Waals surface area contributed by atoms with Crippen LogP contribution in [-0.4, -0.2) is 12.6 Å². The van der Waals surface area contributed by atoms with Crippen molar-refractivity contribution in [3.63, 3.8) is 0 Å². The van der Waals surface area contributed by atoms with Crippen molar-refractivity contribution in [3.05, 3.63) is 0 Å². The van der Waals surface area contributed by atoms with Gasteiger partial charge in [-0.25, -0.2) is 0 Å². The van der Waals surface area contributed by atoms with Crippen LogP contribution in [0.3, 0.4) is 0 Å². The molecular formula is C2H6OP2S3. The minimum Gasteiger partial charge on any atom is -0.310 e. The minimum atomic E-state index is -1.61. The van der Waals surface area contributed by atoms with E-state index in [2.05, 4.69) is 12.2 Å². The highest BCUT2D eigenvalue weighted by molar-refractivity contribution is 8.66. The lowest BCUT2D eigenvalue weighted by molar-refractivity contribution is 0.677. The van der Waals surface area contributed by atoms with Gasteiger partial charge in [-0.1, -0.05) is 23.6 Å². The molecule has 0 aromatic carbocycles. The molecule has 0 aromatic rings. The maximum absolute atomic E-state index is 5.23. The first-order valence-electron chi connectivity index (χ1n) is 2.01. The molecule has 0 bridgehead atoms. The summed E-state index contributed by atoms with van der Waals surface area (Å²) in [6.45, 7) is 1.96. The van der Waals surface area contributed by atoms with E-state index in [0.29, 0.717) is 0 Å². The van der Waals surface area contributed by atoms with Crippen LogP contribution in [0.5, 0.6) is 0 Å². The lowest BCUT2D eigenvalue weighted by atomic mass is 11.9. The van der Waals surface area contributed by atoms with Crippen molar-refractivity contribution < 1.29 is 4.31 Å². The number of hydrogen-bond donors (Lipinski definition) is 1. The van der Waals surface area contributed by atoms with Crippen LogP contribution in [0.15, 0.2) is 0 Å². The largest absolute Gasteiger partial charge is 0.310 e. The summed E-state index contributed by atoms with van der Waals surface area (Å²) in [5.74, 6) is 0.897. The first-order chi connectivity index (χ1) is 3.41. The monoisotopic (exact) mass is 204 g/mol. The Kier molecular flexibility index (Phi) is 1.97. The second-order valence-corrected chi connectivity index (χ2v) is 13.8. The van der Waals surface area contributed by atoms with Crippen molar-refractivity contribution >= 4 is 47.6 Å². The van der Waals surface area contributed by atoms with E-state index < -0.39 is 11.7 Å². The molecule has 0 radical (unpaired) electrons. The molecule has 0 aliphatic carbocycles. The van der Waals surface area contributed by atoms with Gasteiger partial charge in [0.25, 0.3) is 0 Å². The summed E-state index contributed by atoms with van der Waals surface area (Å²) in [6, 6.07) is 0. The lowest BCUT2D eigenvalue weighted by Gasteiger charge is -2.35. The lowest BCUT2D eigenvalue weighted by Crippen LogP contribution is -2.00. The first-order valence-corrected chi connectivity index (χ1v) is 9.42. The molecule has 2 unspecified atom stereocenters. The molecule has 0 N–H and O–H groups in total. The number of rotatable bonds is 0. The molecule has 1 saturated heterocycles. The van der Waals surface area contributed by atoms with Gasteiger partial charge in [-0.2, -0.15) is 0 Å². The Morgan fingerprint density at radius 2 is 2.00 bits per heavy atom. The molecule has 8 heavy (non-hydrogen) atoms. The van der Waals surface area contributed by atoms with Crippen molar-refractivity contribution in [2.24, 2.45) is 0 Å². The number of thiol groups is 1. The third-order valence-corrected chi connectivity index (χ3v) is 11.7. The van der Waals surface area contributed by atoms with E-state index in [1.165, 1.54) is 0 Å². The average molecular weight is 204 g/mol. The molecular weight excluding hydrogens is 198 g/mol. The Morgan fingerprint density at radius 3 is 2.00 bits per heavy atom. The van der Waals surface area contributed by atoms with Gasteiger partial charge < -0.3 is 4.31 Å². The van der Waals surface area contributed by atoms with Gasteiger partial charge in [0.15, 0.2) is 0 Å². The molecule has 1 rings (SSSR count). The molecule has 0 aromatic heterocycles. The third-order valence-electron chi connectivity index (χ3n) is 0.736. The zero-order valence-electron chi connectivity index (χ0n) is 4.27. The third kappa shape index (κ3) is 1.80. The quantitative estimate of drug-likeness (QED) is 0.479. The molecule has 2 atom stereocenters. The fourth-order valence-corrected chi connectivity index (χ4v) is 17.0. The molecule has 1 fully saturated rings. The van der Waals surface area contributed by atoms with E-state index in [9.17, 15) is 0 Å². The van der Waals surface area contributed by atoms with E-state index in [1.54, 1.807) is 0 Å². The average Bonchev–Trinajstić information content (AvgIpc) is 1.20. The van der Waals surface area contributed by atoms with Crippen LogP contribution in [0.1, 0.15) is 0 Å². The molecule has 1 aliphatic heterocycles. The molecule has 1 aliphatic rings. The Bertz CT molecular complexity index is 165. The predicted molar refractivity (Wildman–Crippen MR) is 49.4 cm³/mol. The summed E-state index contributed by atoms with van der Waals surface area (Å²) in [6.07, 6.45) is -1.39. The van der Waals surface area contributed by atoms with Gasteiger partial charge in [0.05, 0.1) is 12.2 Å². The Hall–Kier alpha value is 1.61. The van der Waals surface area contributed by atoms with E-state index >= 15 is 0 Å². The second kappa shape index (κ2) is 2.05. The van der Waals surface area contributed by atoms with Crippen molar-refractivity contribution in [2.75, 3.05) is 12.6 Å². The van der Waals surface area contributed by atoms with Crippen LogP contribution in [0.2, 0.25) is 0 Å². The van der Waals surface area contributed by atoms with Gasteiger partial charge >= 0.3 is 0 Å². The maximum atomic E-state index is 5.23. The van der Waals surface area contributed by atoms with Crippen LogP contribution in [0.4, 0.5) is 0 Å². The van der Waals surface area contributed by atoms with Crippen LogP contribution >= 0.6 is 24.0 Å². The Labute approximate surface area is 64.5 Å². The Balaban J connectivity index is 2.68. The van der Waals surface area contributed by atoms with Crippen LogP contribution < -0.4 is 0 Å². The highest BCUT2D eigenvalue weighted by Gasteiger charge is 2.35. The summed E-state index contributed by atoms with van der Waals surface area (Å²) in [4.78, 5) is 0. The normalized spacial score (nSPS) is 55.2. The molecule has 1 heterocycles. The van der Waals surface area contributed by atoms with Crippen molar-refractivity contribution in [1.82, 2.24) is 0 Å². The standard InChI is InChI=1S/C2H6OP2S3/c1-4(6)2-5(7,8)3-4/h2H2,1H3,(H,7,8). The van der Waals surface area contributed by atoms with E-state index in [0.717, 1.165) is 5.90 Å². The topological polar surface area (TPSA) is 9.23 Å². The van der Waals surface area contributed by atoms with Crippen molar-refractivity contribution in [1.29, 1.82) is 0 Å². The molecule has 6 heteroatoms. The van der Waals surface area contributed by atoms with Crippen molar-refractivity contribution in [3.8, 4) is 0 Å². The van der Waals surface area contributed by atoms with E-state index in [-0.39, 0.29) is 0 Å². The summed E-state index contributed by atoms with van der Waals surface area (Å²) < 4.78 is 5.23. The van der Waals surface area contributed by atoms with E-state index in [1.807, 2.05) is 6.66 Å². The van der Waals surface area contributed by atoms with Crippen LogP contribution in [0, 0.1) is 0 Å². The van der Waals surface area contributed by atoms with Crippen LogP contribution in [0.25, 0.3) is 0 Å². The smallest absolute Gasteiger partial charge is 0.128 e. The molecule has 0 spiro atoms. The zero-order chi connectivity index (χ0) is 6.41. The number of hydrogen-bond acceptors (Lipinski definition) is 3. The molecule has 0 amide bonds. The van der Waals surface area contributed by atoms with Gasteiger partial charge in [-0.3, -0.25) is 0 Å². The summed E-state index contributed by atoms with van der Waals surface area (Å²) in [5, 5.41) is 0. The maximum Gasteiger partial charge on any atom is 0.128 e. The van der Waals surface area contributed by atoms with Gasteiger partial charge in [0.2, 0.25) is 0 Å². The fraction of sp³-hybridized carbons (Fsp3) is 1.00. The highest BCUT2D eigenvalue weighted by Crippen LogP contribution is 2.81. The second-order valence-electron chi connectivity index (χ2n) is 1.87. The van der Waals surface area contributed by atoms with E-state index in [4.69, 9.17) is 27.9 Å². The van der Waals surface area contributed by atoms with Gasteiger partial charge in [0.1, 0.15) is 5.47 Å². The molecule has 0 saturated carbocycles. The van der Waals surface area contributed by atoms with Gasteiger partial charge in [-0.05, 0) is 6.66 Å². The molecule has 48 valence electrons. The van der Waals surface area contributed by atoms with Gasteiger partial charge in [0, 0.05) is 0 Å². The fourth-order valence-electron chi connectivity index (χ4n) is 0.588. The highest BCUT2D eigenvalue weighted by atomic mass is 32.9. The van der Waals surface area contributed by atoms with Crippen molar-refractivity contribution in [2.45, 2.75) is 0 Å². The summed E-state index contributed by atoms with van der Waals surface area (Å²) in [5.41, 5.74) is -1.61. The predicted octanol–water partition coefficient (Wildman–Crippen LogP) is 2.24. The molecule has 1 nitrogen and oxygen atoms in total. The SMILES string of the molecule is CP1(=S)CP(=S)(S)O1. The Morgan fingerprint density at radius 1 is 1.62 bits per heavy atom. The van der Waals surface area contributed by atoms with Gasteiger partial charge in [-0.15, -0.1) is 12.2 Å². The minimum absolute atomic E-state index is 0.897. The van der Waals surface area contributed by atoms with Crippen LogP contribution in [-0.2, 0) is 27.9 Å². The summed E-state index contributed by atoms with van der Waals surface area (Å²) >= 11 is 14.1. The summed E-state index contributed by atoms with van der Waals surface area (Å²) in [7, 11) is 0. The first kappa shape index (κ1) is 7.71.